The third-order valence-corrected chi connectivity index (χ3v) is 2.77. The summed E-state index contributed by atoms with van der Waals surface area (Å²) in [6, 6.07) is 2.21. The van der Waals surface area contributed by atoms with Gasteiger partial charge in [-0.05, 0) is 51.1 Å². The molecule has 0 aromatic carbocycles. The molecule has 1 rings (SSSR count). The number of hydrogen-bond acceptors (Lipinski definition) is 2. The van der Waals surface area contributed by atoms with Gasteiger partial charge in [0.05, 0.1) is 6.07 Å². The maximum atomic E-state index is 8.43. The molecule has 1 saturated carbocycles. The molecular weight excluding hydrogens is 172 g/mol. The van der Waals surface area contributed by atoms with Crippen molar-refractivity contribution >= 4 is 0 Å². The Hall–Kier alpha value is -0.550. The summed E-state index contributed by atoms with van der Waals surface area (Å²) in [7, 11) is 0. The highest BCUT2D eigenvalue weighted by atomic mass is 15.1. The van der Waals surface area contributed by atoms with E-state index in [4.69, 9.17) is 5.26 Å². The van der Waals surface area contributed by atoms with Gasteiger partial charge < -0.3 is 4.90 Å². The third-order valence-electron chi connectivity index (χ3n) is 2.77. The number of nitrogens with zero attached hydrogens (tertiary/aromatic N) is 2. The highest BCUT2D eigenvalue weighted by Gasteiger charge is 2.23. The van der Waals surface area contributed by atoms with E-state index in [2.05, 4.69) is 17.9 Å². The van der Waals surface area contributed by atoms with Crippen molar-refractivity contribution in [1.29, 1.82) is 5.26 Å². The van der Waals surface area contributed by atoms with Gasteiger partial charge in [-0.15, -0.1) is 0 Å². The second-order valence-electron chi connectivity index (χ2n) is 4.36. The molecule has 0 N–H and O–H groups in total. The van der Waals surface area contributed by atoms with Crippen LogP contribution in [0.2, 0.25) is 0 Å². The van der Waals surface area contributed by atoms with Crippen molar-refractivity contribution in [2.45, 2.75) is 45.4 Å². The zero-order valence-electron chi connectivity index (χ0n) is 9.34. The molecule has 0 aliphatic heterocycles. The monoisotopic (exact) mass is 194 g/mol. The molecule has 0 radical (unpaired) electrons. The van der Waals surface area contributed by atoms with Gasteiger partial charge in [-0.3, -0.25) is 0 Å². The van der Waals surface area contributed by atoms with Gasteiger partial charge in [0.15, 0.2) is 0 Å². The summed E-state index contributed by atoms with van der Waals surface area (Å²) < 4.78 is 0. The van der Waals surface area contributed by atoms with Crippen molar-refractivity contribution in [2.75, 3.05) is 19.6 Å². The minimum Gasteiger partial charge on any atom is -0.303 e. The van der Waals surface area contributed by atoms with Gasteiger partial charge in [-0.1, -0.05) is 6.92 Å². The summed E-state index contributed by atoms with van der Waals surface area (Å²) in [5.74, 6) is 0.998. The minimum atomic E-state index is 0.726. The lowest BCUT2D eigenvalue weighted by Crippen LogP contribution is -2.27. The molecule has 0 heterocycles. The van der Waals surface area contributed by atoms with Crippen LogP contribution in [0.5, 0.6) is 0 Å². The Morgan fingerprint density at radius 2 is 2.07 bits per heavy atom. The zero-order valence-corrected chi connectivity index (χ0v) is 9.34. The number of nitriles is 1. The fraction of sp³-hybridized carbons (Fsp3) is 0.917. The first kappa shape index (κ1) is 11.5. The Kier molecular flexibility index (Phi) is 5.63. The fourth-order valence-corrected chi connectivity index (χ4v) is 1.82. The van der Waals surface area contributed by atoms with Crippen LogP contribution in [0.25, 0.3) is 0 Å². The summed E-state index contributed by atoms with van der Waals surface area (Å²) in [6.45, 7) is 5.99. The molecule has 0 aromatic heterocycles. The number of hydrogen-bond donors (Lipinski definition) is 0. The largest absolute Gasteiger partial charge is 0.303 e. The maximum Gasteiger partial charge on any atom is 0.0621 e. The molecule has 14 heavy (non-hydrogen) atoms. The smallest absolute Gasteiger partial charge is 0.0621 e. The van der Waals surface area contributed by atoms with Crippen LogP contribution >= 0.6 is 0 Å². The third kappa shape index (κ3) is 5.24. The van der Waals surface area contributed by atoms with E-state index in [1.165, 1.54) is 45.3 Å². The predicted octanol–water partition coefficient (Wildman–Crippen LogP) is 2.80. The summed E-state index contributed by atoms with van der Waals surface area (Å²) in [6.07, 6.45) is 7.13. The van der Waals surface area contributed by atoms with Gasteiger partial charge >= 0.3 is 0 Å². The summed E-state index contributed by atoms with van der Waals surface area (Å²) in [4.78, 5) is 2.58. The van der Waals surface area contributed by atoms with E-state index in [0.717, 1.165) is 18.8 Å². The van der Waals surface area contributed by atoms with Gasteiger partial charge in [0.1, 0.15) is 0 Å². The van der Waals surface area contributed by atoms with Crippen molar-refractivity contribution in [2.24, 2.45) is 5.92 Å². The van der Waals surface area contributed by atoms with Crippen molar-refractivity contribution in [3.05, 3.63) is 0 Å². The Labute approximate surface area is 87.9 Å². The topological polar surface area (TPSA) is 27.0 Å². The van der Waals surface area contributed by atoms with Crippen molar-refractivity contribution in [3.8, 4) is 6.07 Å². The highest BCUT2D eigenvalue weighted by Crippen LogP contribution is 2.29. The molecule has 0 amide bonds. The molecule has 2 nitrogen and oxygen atoms in total. The van der Waals surface area contributed by atoms with Gasteiger partial charge in [0, 0.05) is 13.0 Å². The average molecular weight is 194 g/mol. The fourth-order valence-electron chi connectivity index (χ4n) is 1.82. The van der Waals surface area contributed by atoms with Crippen LogP contribution in [0.15, 0.2) is 0 Å². The summed E-state index contributed by atoms with van der Waals surface area (Å²) in [5.41, 5.74) is 0. The Balaban J connectivity index is 2.04. The Morgan fingerprint density at radius 1 is 1.29 bits per heavy atom. The zero-order chi connectivity index (χ0) is 10.2. The second kappa shape index (κ2) is 6.84. The predicted molar refractivity (Wildman–Crippen MR) is 58.9 cm³/mol. The number of rotatable bonds is 8. The van der Waals surface area contributed by atoms with Gasteiger partial charge in [-0.2, -0.15) is 5.26 Å². The highest BCUT2D eigenvalue weighted by molar-refractivity contribution is 4.77. The lowest BCUT2D eigenvalue weighted by Gasteiger charge is -2.21. The first-order valence-corrected chi connectivity index (χ1v) is 5.96. The summed E-state index contributed by atoms with van der Waals surface area (Å²) >= 11 is 0. The maximum absolute atomic E-state index is 8.43. The quantitative estimate of drug-likeness (QED) is 0.556. The van der Waals surface area contributed by atoms with Crippen molar-refractivity contribution in [3.63, 3.8) is 0 Å². The van der Waals surface area contributed by atoms with Crippen molar-refractivity contribution < 1.29 is 0 Å². The molecule has 0 aromatic rings. The Morgan fingerprint density at radius 3 is 2.64 bits per heavy atom. The van der Waals surface area contributed by atoms with Crippen LogP contribution in [0.1, 0.15) is 45.4 Å². The SMILES string of the molecule is CCCN(CCCCC#N)CC1CC1. The molecule has 0 unspecified atom stereocenters. The average Bonchev–Trinajstić information content (AvgIpc) is 2.96. The van der Waals surface area contributed by atoms with Gasteiger partial charge in [0.2, 0.25) is 0 Å². The van der Waals surface area contributed by atoms with E-state index in [1.54, 1.807) is 0 Å². The van der Waals surface area contributed by atoms with E-state index >= 15 is 0 Å². The number of unbranched alkanes of at least 4 members (excludes halogenated alkanes) is 2. The van der Waals surface area contributed by atoms with E-state index in [-0.39, 0.29) is 0 Å². The van der Waals surface area contributed by atoms with E-state index in [0.29, 0.717) is 0 Å². The van der Waals surface area contributed by atoms with Crippen molar-refractivity contribution in [1.82, 2.24) is 4.90 Å². The first-order chi connectivity index (χ1) is 6.86. The van der Waals surface area contributed by atoms with Crippen LogP contribution in [0, 0.1) is 17.2 Å². The Bertz CT molecular complexity index is 179. The molecule has 0 saturated heterocycles. The van der Waals surface area contributed by atoms with Crippen LogP contribution in [0.3, 0.4) is 0 Å². The minimum absolute atomic E-state index is 0.726. The molecular formula is C12H22N2. The molecule has 1 aliphatic rings. The molecule has 80 valence electrons. The van der Waals surface area contributed by atoms with Gasteiger partial charge in [-0.25, -0.2) is 0 Å². The van der Waals surface area contributed by atoms with E-state index in [1.807, 2.05) is 0 Å². The molecule has 1 fully saturated rings. The molecule has 2 heteroatoms. The normalized spacial score (nSPS) is 15.8. The van der Waals surface area contributed by atoms with E-state index < -0.39 is 0 Å². The van der Waals surface area contributed by atoms with Crippen LogP contribution in [-0.4, -0.2) is 24.5 Å². The van der Waals surface area contributed by atoms with Crippen LogP contribution in [0.4, 0.5) is 0 Å². The molecule has 1 aliphatic carbocycles. The molecule has 0 bridgehead atoms. The lowest BCUT2D eigenvalue weighted by molar-refractivity contribution is 0.258. The van der Waals surface area contributed by atoms with Crippen LogP contribution in [-0.2, 0) is 0 Å². The summed E-state index contributed by atoms with van der Waals surface area (Å²) in [5, 5.41) is 8.43. The van der Waals surface area contributed by atoms with Gasteiger partial charge in [0.25, 0.3) is 0 Å². The molecule has 0 spiro atoms. The lowest BCUT2D eigenvalue weighted by atomic mass is 10.2. The second-order valence-corrected chi connectivity index (χ2v) is 4.36. The first-order valence-electron chi connectivity index (χ1n) is 5.96. The van der Waals surface area contributed by atoms with Crippen LogP contribution < -0.4 is 0 Å². The standard InChI is InChI=1S/C12H22N2/c1-2-9-14(11-12-6-7-12)10-5-3-4-8-13/h12H,2-7,9-11H2,1H3. The van der Waals surface area contributed by atoms with E-state index in [9.17, 15) is 0 Å². The molecule has 0 atom stereocenters.